The third kappa shape index (κ3) is 2.67. The van der Waals surface area contributed by atoms with E-state index in [2.05, 4.69) is 10.3 Å². The molecule has 0 bridgehead atoms. The van der Waals surface area contributed by atoms with Gasteiger partial charge in [0.2, 0.25) is 11.8 Å². The van der Waals surface area contributed by atoms with Crippen LogP contribution in [-0.2, 0) is 9.59 Å². The third-order valence-electron chi connectivity index (χ3n) is 3.73. The molecule has 1 aromatic carbocycles. The first-order chi connectivity index (χ1) is 10.2. The number of amides is 2. The fraction of sp³-hybridized carbons (Fsp3) is 0.267. The summed E-state index contributed by atoms with van der Waals surface area (Å²) in [5.74, 6) is -0.562. The first kappa shape index (κ1) is 13.8. The van der Waals surface area contributed by atoms with E-state index in [1.165, 1.54) is 11.3 Å². The van der Waals surface area contributed by atoms with E-state index < -0.39 is 5.92 Å². The Morgan fingerprint density at radius 2 is 2.14 bits per heavy atom. The van der Waals surface area contributed by atoms with Crippen LogP contribution in [0.4, 0.5) is 5.13 Å². The average molecular weight is 301 g/mol. The van der Waals surface area contributed by atoms with Crippen molar-refractivity contribution in [3.8, 4) is 0 Å². The van der Waals surface area contributed by atoms with E-state index in [1.54, 1.807) is 23.5 Å². The van der Waals surface area contributed by atoms with E-state index in [0.29, 0.717) is 5.13 Å². The highest BCUT2D eigenvalue weighted by Gasteiger charge is 2.42. The Morgan fingerprint density at radius 1 is 1.38 bits per heavy atom. The van der Waals surface area contributed by atoms with Crippen LogP contribution in [0.1, 0.15) is 18.0 Å². The first-order valence-electron chi connectivity index (χ1n) is 6.68. The Bertz CT molecular complexity index is 642. The number of likely N-dealkylation sites (tertiary alicyclic amines) is 1. The predicted octanol–water partition coefficient (Wildman–Crippen LogP) is 2.30. The Hall–Kier alpha value is -2.21. The van der Waals surface area contributed by atoms with E-state index in [4.69, 9.17) is 0 Å². The number of carbonyl (C=O) groups excluding carboxylic acids is 2. The largest absolute Gasteiger partial charge is 0.338 e. The van der Waals surface area contributed by atoms with Gasteiger partial charge >= 0.3 is 0 Å². The Morgan fingerprint density at radius 3 is 2.81 bits per heavy atom. The van der Waals surface area contributed by atoms with Gasteiger partial charge < -0.3 is 10.2 Å². The molecule has 1 aliphatic rings. The van der Waals surface area contributed by atoms with E-state index in [9.17, 15) is 9.59 Å². The molecular weight excluding hydrogens is 286 g/mol. The molecule has 6 heteroatoms. The SMILES string of the molecule is CN1C(=O)C[C@H](C(=O)Nc2nccs2)[C@H]1c1ccccc1. The first-order valence-corrected chi connectivity index (χ1v) is 7.56. The molecule has 108 valence electrons. The number of nitrogens with zero attached hydrogens (tertiary/aromatic N) is 2. The van der Waals surface area contributed by atoms with Crippen molar-refractivity contribution in [3.63, 3.8) is 0 Å². The third-order valence-corrected chi connectivity index (χ3v) is 4.42. The topological polar surface area (TPSA) is 62.3 Å². The standard InChI is InChI=1S/C15H15N3O2S/c1-18-12(19)9-11(13(18)10-5-3-2-4-6-10)14(20)17-15-16-7-8-21-15/h2-8,11,13H,9H2,1H3,(H,16,17,20)/t11-,13+/m0/s1. The lowest BCUT2D eigenvalue weighted by molar-refractivity contribution is -0.127. The van der Waals surface area contributed by atoms with Crippen LogP contribution in [0.3, 0.4) is 0 Å². The van der Waals surface area contributed by atoms with Crippen LogP contribution < -0.4 is 5.32 Å². The van der Waals surface area contributed by atoms with Crippen LogP contribution in [0.15, 0.2) is 41.9 Å². The van der Waals surface area contributed by atoms with Gasteiger partial charge in [0.05, 0.1) is 12.0 Å². The summed E-state index contributed by atoms with van der Waals surface area (Å²) in [7, 11) is 1.75. The van der Waals surface area contributed by atoms with Gasteiger partial charge in [-0.2, -0.15) is 0 Å². The molecule has 1 aliphatic heterocycles. The maximum atomic E-state index is 12.5. The number of anilines is 1. The van der Waals surface area contributed by atoms with Crippen molar-refractivity contribution in [1.29, 1.82) is 0 Å². The van der Waals surface area contributed by atoms with Crippen molar-refractivity contribution in [2.75, 3.05) is 12.4 Å². The minimum absolute atomic E-state index is 0.0110. The van der Waals surface area contributed by atoms with E-state index in [-0.39, 0.29) is 24.3 Å². The molecule has 2 heterocycles. The Labute approximate surface area is 126 Å². The molecule has 0 radical (unpaired) electrons. The van der Waals surface area contributed by atoms with Crippen molar-refractivity contribution in [2.45, 2.75) is 12.5 Å². The summed E-state index contributed by atoms with van der Waals surface area (Å²) < 4.78 is 0. The van der Waals surface area contributed by atoms with Gasteiger partial charge in [-0.15, -0.1) is 11.3 Å². The maximum absolute atomic E-state index is 12.5. The van der Waals surface area contributed by atoms with Gasteiger partial charge in [-0.05, 0) is 5.56 Å². The van der Waals surface area contributed by atoms with Gasteiger partial charge in [0.15, 0.2) is 5.13 Å². The van der Waals surface area contributed by atoms with Crippen molar-refractivity contribution < 1.29 is 9.59 Å². The van der Waals surface area contributed by atoms with Crippen LogP contribution in [-0.4, -0.2) is 28.7 Å². The number of nitrogens with one attached hydrogen (secondary N) is 1. The number of rotatable bonds is 3. The number of benzene rings is 1. The second-order valence-electron chi connectivity index (χ2n) is 5.00. The average Bonchev–Trinajstić information content (AvgIpc) is 3.09. The fourth-order valence-corrected chi connectivity index (χ4v) is 3.23. The zero-order valence-electron chi connectivity index (χ0n) is 11.5. The minimum Gasteiger partial charge on any atom is -0.338 e. The summed E-state index contributed by atoms with van der Waals surface area (Å²) in [5.41, 5.74) is 0.977. The summed E-state index contributed by atoms with van der Waals surface area (Å²) in [6, 6.07) is 9.43. The van der Waals surface area contributed by atoms with Gasteiger partial charge in [-0.25, -0.2) is 4.98 Å². The summed E-state index contributed by atoms with van der Waals surface area (Å²) in [5, 5.41) is 5.16. The minimum atomic E-state index is -0.395. The second kappa shape index (κ2) is 5.65. The number of thiazole rings is 1. The van der Waals surface area contributed by atoms with Crippen LogP contribution in [0.5, 0.6) is 0 Å². The highest BCUT2D eigenvalue weighted by atomic mass is 32.1. The molecule has 5 nitrogen and oxygen atoms in total. The molecule has 1 fully saturated rings. The molecular formula is C15H15N3O2S. The number of aromatic nitrogens is 1. The van der Waals surface area contributed by atoms with E-state index >= 15 is 0 Å². The summed E-state index contributed by atoms with van der Waals surface area (Å²) in [6.07, 6.45) is 1.87. The summed E-state index contributed by atoms with van der Waals surface area (Å²) in [4.78, 5) is 30.2. The van der Waals surface area contributed by atoms with Gasteiger partial charge in [0.1, 0.15) is 0 Å². The summed E-state index contributed by atoms with van der Waals surface area (Å²) in [6.45, 7) is 0. The molecule has 3 rings (SSSR count). The molecule has 2 aromatic rings. The molecule has 2 atom stereocenters. The van der Waals surface area contributed by atoms with Gasteiger partial charge in [0, 0.05) is 25.0 Å². The Kier molecular flexibility index (Phi) is 3.70. The fourth-order valence-electron chi connectivity index (χ4n) is 2.69. The molecule has 1 aromatic heterocycles. The van der Waals surface area contributed by atoms with E-state index in [1.807, 2.05) is 30.3 Å². The lowest BCUT2D eigenvalue weighted by Crippen LogP contribution is -2.29. The lowest BCUT2D eigenvalue weighted by Gasteiger charge is -2.24. The molecule has 0 saturated carbocycles. The van der Waals surface area contributed by atoms with E-state index in [0.717, 1.165) is 5.56 Å². The molecule has 21 heavy (non-hydrogen) atoms. The molecule has 0 spiro atoms. The van der Waals surface area contributed by atoms with Crippen LogP contribution in [0.2, 0.25) is 0 Å². The van der Waals surface area contributed by atoms with Crippen molar-refractivity contribution in [3.05, 3.63) is 47.5 Å². The predicted molar refractivity (Wildman–Crippen MR) is 80.8 cm³/mol. The van der Waals surface area contributed by atoms with Gasteiger partial charge in [-0.1, -0.05) is 30.3 Å². The highest BCUT2D eigenvalue weighted by molar-refractivity contribution is 7.13. The van der Waals surface area contributed by atoms with Gasteiger partial charge in [0.25, 0.3) is 0 Å². The van der Waals surface area contributed by atoms with Gasteiger partial charge in [-0.3, -0.25) is 9.59 Å². The smallest absolute Gasteiger partial charge is 0.232 e. The normalized spacial score (nSPS) is 21.6. The quantitative estimate of drug-likeness (QED) is 0.946. The molecule has 0 aliphatic carbocycles. The monoisotopic (exact) mass is 301 g/mol. The lowest BCUT2D eigenvalue weighted by atomic mass is 9.93. The molecule has 1 N–H and O–H groups in total. The number of hydrogen-bond donors (Lipinski definition) is 1. The van der Waals surface area contributed by atoms with Crippen LogP contribution in [0, 0.1) is 5.92 Å². The van der Waals surface area contributed by atoms with Crippen molar-refractivity contribution in [2.24, 2.45) is 5.92 Å². The molecule has 0 unspecified atom stereocenters. The summed E-state index contributed by atoms with van der Waals surface area (Å²) >= 11 is 1.37. The van der Waals surface area contributed by atoms with Crippen molar-refractivity contribution in [1.82, 2.24) is 9.88 Å². The Balaban J connectivity index is 1.85. The van der Waals surface area contributed by atoms with Crippen LogP contribution in [0.25, 0.3) is 0 Å². The number of hydrogen-bond acceptors (Lipinski definition) is 4. The highest BCUT2D eigenvalue weighted by Crippen LogP contribution is 2.37. The zero-order chi connectivity index (χ0) is 14.8. The molecule has 2 amide bonds. The second-order valence-corrected chi connectivity index (χ2v) is 5.89. The van der Waals surface area contributed by atoms with Crippen LogP contribution >= 0.6 is 11.3 Å². The maximum Gasteiger partial charge on any atom is 0.232 e. The number of carbonyl (C=O) groups is 2. The molecule has 1 saturated heterocycles. The zero-order valence-corrected chi connectivity index (χ0v) is 12.3. The van der Waals surface area contributed by atoms with Crippen molar-refractivity contribution >= 4 is 28.3 Å².